The molecule has 0 unspecified atom stereocenters. The number of likely N-dealkylation sites (N-methyl/N-ethyl adjacent to an activating group) is 1. The maximum Gasteiger partial charge on any atom is 0.275 e. The van der Waals surface area contributed by atoms with Gasteiger partial charge in [-0.3, -0.25) is 25.2 Å². The average molecular weight is 514 g/mol. The standard InChI is InChI=1S/C25H25ClFN5O4/c1-14-13-36-23-20-17(11-19(27)21(23)31-9-7-30(2)8-10-31)22(33)18(12-32(14)20)25(35)29-28-24(34)15-3-5-16(26)6-4-15/h3-6,11-12,14H,7-10,13H2,1-2H3,(H,28,34)(H,29,35)/t14-/m0/s1. The third-order valence-electron chi connectivity index (χ3n) is 6.60. The van der Waals surface area contributed by atoms with Gasteiger partial charge < -0.3 is 19.1 Å². The number of anilines is 1. The van der Waals surface area contributed by atoms with E-state index in [9.17, 15) is 14.4 Å². The Morgan fingerprint density at radius 2 is 1.75 bits per heavy atom. The summed E-state index contributed by atoms with van der Waals surface area (Å²) in [6.07, 6.45) is 1.44. The Bertz CT molecular complexity index is 1420. The van der Waals surface area contributed by atoms with Crippen molar-refractivity contribution in [3.8, 4) is 5.75 Å². The van der Waals surface area contributed by atoms with Crippen LogP contribution in [0.1, 0.15) is 33.7 Å². The molecule has 1 atom stereocenters. The first-order valence-electron chi connectivity index (χ1n) is 11.6. The first kappa shape index (κ1) is 24.1. The van der Waals surface area contributed by atoms with Crippen LogP contribution < -0.4 is 25.9 Å². The van der Waals surface area contributed by atoms with Crippen molar-refractivity contribution < 1.29 is 18.7 Å². The van der Waals surface area contributed by atoms with Gasteiger partial charge in [0.15, 0.2) is 11.6 Å². The molecule has 1 fully saturated rings. The zero-order valence-corrected chi connectivity index (χ0v) is 20.6. The van der Waals surface area contributed by atoms with Gasteiger partial charge in [0.25, 0.3) is 11.8 Å². The minimum absolute atomic E-state index is 0.0450. The minimum Gasteiger partial charge on any atom is -0.487 e. The molecule has 9 nitrogen and oxygen atoms in total. The number of rotatable bonds is 3. The third kappa shape index (κ3) is 4.27. The van der Waals surface area contributed by atoms with Crippen LogP contribution in [0.15, 0.2) is 41.3 Å². The second-order valence-corrected chi connectivity index (χ2v) is 9.51. The summed E-state index contributed by atoms with van der Waals surface area (Å²) in [5, 5.41) is 0.512. The summed E-state index contributed by atoms with van der Waals surface area (Å²) in [4.78, 5) is 42.7. The number of hydrazine groups is 1. The van der Waals surface area contributed by atoms with E-state index in [1.54, 1.807) is 16.7 Å². The van der Waals surface area contributed by atoms with Gasteiger partial charge in [-0.1, -0.05) is 11.6 Å². The van der Waals surface area contributed by atoms with E-state index in [0.29, 0.717) is 35.1 Å². The SMILES string of the molecule is C[C@H]1COc2c(N3CCN(C)CC3)c(F)cc3c(=O)c(C(=O)NNC(=O)c4ccc(Cl)cc4)cn1c23. The zero-order chi connectivity index (χ0) is 25.6. The molecule has 3 heterocycles. The summed E-state index contributed by atoms with van der Waals surface area (Å²) in [5.74, 6) is -1.65. The van der Waals surface area contributed by atoms with E-state index in [1.165, 1.54) is 24.4 Å². The van der Waals surface area contributed by atoms with E-state index in [-0.39, 0.29) is 29.2 Å². The summed E-state index contributed by atoms with van der Waals surface area (Å²) < 4.78 is 23.2. The molecule has 1 saturated heterocycles. The Labute approximate surface area is 211 Å². The van der Waals surface area contributed by atoms with Crippen molar-refractivity contribution in [2.75, 3.05) is 44.7 Å². The van der Waals surface area contributed by atoms with Crippen molar-refractivity contribution in [1.82, 2.24) is 20.3 Å². The lowest BCUT2D eigenvalue weighted by atomic mass is 10.0. The van der Waals surface area contributed by atoms with E-state index in [2.05, 4.69) is 15.8 Å². The molecule has 0 spiro atoms. The normalized spacial score (nSPS) is 17.6. The highest BCUT2D eigenvalue weighted by molar-refractivity contribution is 6.30. The molecule has 0 saturated carbocycles. The first-order valence-corrected chi connectivity index (χ1v) is 12.0. The second-order valence-electron chi connectivity index (χ2n) is 9.08. The lowest BCUT2D eigenvalue weighted by molar-refractivity contribution is 0.0845. The van der Waals surface area contributed by atoms with Gasteiger partial charge in [0.05, 0.1) is 16.9 Å². The number of hydrogen-bond acceptors (Lipinski definition) is 6. The van der Waals surface area contributed by atoms with Crippen LogP contribution in [0.4, 0.5) is 10.1 Å². The van der Waals surface area contributed by atoms with E-state index >= 15 is 4.39 Å². The monoisotopic (exact) mass is 513 g/mol. The van der Waals surface area contributed by atoms with Crippen LogP contribution in [0.5, 0.6) is 5.75 Å². The smallest absolute Gasteiger partial charge is 0.275 e. The molecular formula is C25H25ClFN5O4. The summed E-state index contributed by atoms with van der Waals surface area (Å²) in [6.45, 7) is 4.95. The molecule has 0 radical (unpaired) electrons. The number of carbonyl (C=O) groups is 2. The highest BCUT2D eigenvalue weighted by Crippen LogP contribution is 2.42. The predicted molar refractivity (Wildman–Crippen MR) is 134 cm³/mol. The van der Waals surface area contributed by atoms with E-state index in [4.69, 9.17) is 16.3 Å². The maximum atomic E-state index is 15.4. The number of aromatic nitrogens is 1. The van der Waals surface area contributed by atoms with Crippen molar-refractivity contribution in [3.63, 3.8) is 0 Å². The van der Waals surface area contributed by atoms with Crippen molar-refractivity contribution in [2.45, 2.75) is 13.0 Å². The van der Waals surface area contributed by atoms with Crippen molar-refractivity contribution in [1.29, 1.82) is 0 Å². The summed E-state index contributed by atoms with van der Waals surface area (Å²) in [6, 6.07) is 7.07. The number of halogens is 2. The lowest BCUT2D eigenvalue weighted by Crippen LogP contribution is -2.45. The van der Waals surface area contributed by atoms with Crippen LogP contribution in [0.2, 0.25) is 5.02 Å². The molecular weight excluding hydrogens is 489 g/mol. The molecule has 2 aliphatic rings. The Balaban J connectivity index is 1.50. The number of carbonyl (C=O) groups excluding carboxylic acids is 2. The second kappa shape index (κ2) is 9.44. The molecule has 0 bridgehead atoms. The largest absolute Gasteiger partial charge is 0.487 e. The molecule has 5 rings (SSSR count). The van der Waals surface area contributed by atoms with Gasteiger partial charge in [-0.15, -0.1) is 0 Å². The van der Waals surface area contributed by atoms with Gasteiger partial charge in [-0.05, 0) is 44.3 Å². The van der Waals surface area contributed by atoms with Gasteiger partial charge in [0.2, 0.25) is 5.43 Å². The molecule has 2 aliphatic heterocycles. The van der Waals surface area contributed by atoms with Gasteiger partial charge in [-0.25, -0.2) is 4.39 Å². The van der Waals surface area contributed by atoms with Gasteiger partial charge >= 0.3 is 0 Å². The summed E-state index contributed by atoms with van der Waals surface area (Å²) in [7, 11) is 2.01. The molecule has 1 aromatic heterocycles. The molecule has 2 aromatic carbocycles. The zero-order valence-electron chi connectivity index (χ0n) is 19.8. The van der Waals surface area contributed by atoms with Crippen molar-refractivity contribution >= 4 is 40.0 Å². The number of hydrogen-bond donors (Lipinski definition) is 2. The molecule has 2 amide bonds. The molecule has 188 valence electrons. The van der Waals surface area contributed by atoms with Crippen molar-refractivity contribution in [3.05, 3.63) is 68.7 Å². The highest BCUT2D eigenvalue weighted by atomic mass is 35.5. The summed E-state index contributed by atoms with van der Waals surface area (Å²) >= 11 is 5.84. The van der Waals surface area contributed by atoms with Gasteiger partial charge in [-0.2, -0.15) is 0 Å². The van der Waals surface area contributed by atoms with Crippen LogP contribution in [-0.2, 0) is 0 Å². The van der Waals surface area contributed by atoms with Gasteiger partial charge in [0, 0.05) is 43.0 Å². The number of pyridine rings is 1. The first-order chi connectivity index (χ1) is 17.2. The third-order valence-corrected chi connectivity index (χ3v) is 6.85. The van der Waals surface area contributed by atoms with E-state index in [0.717, 1.165) is 13.1 Å². The molecule has 2 N–H and O–H groups in total. The Morgan fingerprint density at radius 1 is 1.08 bits per heavy atom. The summed E-state index contributed by atoms with van der Waals surface area (Å²) in [5.41, 5.74) is 4.77. The van der Waals surface area contributed by atoms with Crippen molar-refractivity contribution in [2.24, 2.45) is 0 Å². The Hall–Kier alpha value is -3.63. The quantitative estimate of drug-likeness (QED) is 0.523. The van der Waals surface area contributed by atoms with E-state index in [1.807, 2.05) is 18.9 Å². The lowest BCUT2D eigenvalue weighted by Gasteiger charge is -2.37. The molecule has 0 aliphatic carbocycles. The minimum atomic E-state index is -0.809. The number of piperazine rings is 1. The fourth-order valence-electron chi connectivity index (χ4n) is 4.55. The maximum absolute atomic E-state index is 15.4. The fraction of sp³-hybridized carbons (Fsp3) is 0.320. The number of nitrogens with zero attached hydrogens (tertiary/aromatic N) is 3. The molecule has 11 heteroatoms. The van der Waals surface area contributed by atoms with Crippen LogP contribution in [-0.4, -0.2) is 61.1 Å². The van der Waals surface area contributed by atoms with Crippen LogP contribution in [0, 0.1) is 5.82 Å². The number of nitrogens with one attached hydrogen (secondary N) is 2. The molecule has 3 aromatic rings. The fourth-order valence-corrected chi connectivity index (χ4v) is 4.68. The number of amides is 2. The van der Waals surface area contributed by atoms with Gasteiger partial charge in [0.1, 0.15) is 17.9 Å². The Morgan fingerprint density at radius 3 is 2.44 bits per heavy atom. The average Bonchev–Trinajstić information content (AvgIpc) is 2.86. The van der Waals surface area contributed by atoms with Crippen LogP contribution >= 0.6 is 11.6 Å². The Kier molecular flexibility index (Phi) is 6.31. The number of benzene rings is 2. The predicted octanol–water partition coefficient (Wildman–Crippen LogP) is 2.57. The van der Waals surface area contributed by atoms with Crippen LogP contribution in [0.3, 0.4) is 0 Å². The highest BCUT2D eigenvalue weighted by Gasteiger charge is 2.31. The topological polar surface area (TPSA) is 95.9 Å². The molecule has 36 heavy (non-hydrogen) atoms. The number of ether oxygens (including phenoxy) is 1. The van der Waals surface area contributed by atoms with E-state index < -0.39 is 23.1 Å². The van der Waals surface area contributed by atoms with Crippen LogP contribution in [0.25, 0.3) is 10.9 Å².